The third-order valence-electron chi connectivity index (χ3n) is 4.53. The van der Waals surface area contributed by atoms with Crippen LogP contribution in [0.1, 0.15) is 25.3 Å². The maximum Gasteiger partial charge on any atom is 0.239 e. The van der Waals surface area contributed by atoms with Crippen LogP contribution in [0.25, 0.3) is 6.08 Å². The van der Waals surface area contributed by atoms with Gasteiger partial charge < -0.3 is 4.90 Å². The van der Waals surface area contributed by atoms with Crippen molar-refractivity contribution in [3.63, 3.8) is 0 Å². The van der Waals surface area contributed by atoms with Gasteiger partial charge in [-0.05, 0) is 37.5 Å². The maximum atomic E-state index is 12.8. The van der Waals surface area contributed by atoms with Gasteiger partial charge in [-0.1, -0.05) is 24.3 Å². The highest BCUT2D eigenvalue weighted by Crippen LogP contribution is 2.25. The second-order valence-corrected chi connectivity index (χ2v) is 5.91. The number of hydrogen-bond acceptors (Lipinski definition) is 2. The van der Waals surface area contributed by atoms with Crippen LogP contribution in [0.15, 0.2) is 30.3 Å². The summed E-state index contributed by atoms with van der Waals surface area (Å²) >= 11 is 0. The zero-order valence-corrected chi connectivity index (χ0v) is 12.3. The first-order valence-electron chi connectivity index (χ1n) is 7.62. The molecule has 4 heteroatoms. The van der Waals surface area contributed by atoms with E-state index in [-0.39, 0.29) is 17.8 Å². The summed E-state index contributed by atoms with van der Waals surface area (Å²) in [5.74, 6) is 0.0441. The molecule has 2 saturated heterocycles. The van der Waals surface area contributed by atoms with E-state index in [9.17, 15) is 9.18 Å². The molecule has 0 aromatic heterocycles. The van der Waals surface area contributed by atoms with E-state index in [1.165, 1.54) is 12.1 Å². The molecule has 0 aliphatic carbocycles. The predicted molar refractivity (Wildman–Crippen MR) is 81.2 cm³/mol. The molecule has 1 aromatic carbocycles. The first kappa shape index (κ1) is 14.3. The smallest absolute Gasteiger partial charge is 0.239 e. The van der Waals surface area contributed by atoms with Crippen LogP contribution in [0, 0.1) is 5.82 Å². The van der Waals surface area contributed by atoms with E-state index >= 15 is 0 Å². The monoisotopic (exact) mass is 288 g/mol. The lowest BCUT2D eigenvalue weighted by molar-refractivity contribution is -0.142. The molecular formula is C17H21FN2O. The highest BCUT2D eigenvalue weighted by Gasteiger charge is 2.39. The zero-order valence-electron chi connectivity index (χ0n) is 12.3. The van der Waals surface area contributed by atoms with Gasteiger partial charge in [-0.2, -0.15) is 0 Å². The van der Waals surface area contributed by atoms with Gasteiger partial charge in [0, 0.05) is 25.7 Å². The van der Waals surface area contributed by atoms with Crippen LogP contribution < -0.4 is 0 Å². The first-order chi connectivity index (χ1) is 10.1. The van der Waals surface area contributed by atoms with Crippen LogP contribution in [0.2, 0.25) is 0 Å². The number of fused-ring (bicyclic) bond motifs is 1. The van der Waals surface area contributed by atoms with Crippen molar-refractivity contribution < 1.29 is 9.18 Å². The molecule has 2 atom stereocenters. The normalized spacial score (nSPS) is 26.6. The highest BCUT2D eigenvalue weighted by molar-refractivity contribution is 5.83. The number of nitrogens with zero attached hydrogens (tertiary/aromatic N) is 2. The Morgan fingerprint density at radius 2 is 2.10 bits per heavy atom. The fourth-order valence-corrected chi connectivity index (χ4v) is 3.27. The van der Waals surface area contributed by atoms with Gasteiger partial charge in [0.05, 0.1) is 6.04 Å². The average Bonchev–Trinajstić information content (AvgIpc) is 2.95. The molecule has 21 heavy (non-hydrogen) atoms. The molecule has 0 N–H and O–H groups in total. The summed E-state index contributed by atoms with van der Waals surface area (Å²) in [7, 11) is 0. The molecule has 0 spiro atoms. The second kappa shape index (κ2) is 5.98. The molecule has 2 aliphatic heterocycles. The van der Waals surface area contributed by atoms with Crippen LogP contribution in [-0.4, -0.2) is 47.4 Å². The summed E-state index contributed by atoms with van der Waals surface area (Å²) in [6.45, 7) is 4.63. The molecule has 0 radical (unpaired) electrons. The van der Waals surface area contributed by atoms with E-state index in [4.69, 9.17) is 0 Å². The molecular weight excluding hydrogens is 267 g/mol. The zero-order chi connectivity index (χ0) is 14.8. The van der Waals surface area contributed by atoms with Crippen molar-refractivity contribution in [3.05, 3.63) is 41.7 Å². The Bertz CT molecular complexity index is 540. The Morgan fingerprint density at radius 1 is 1.33 bits per heavy atom. The Morgan fingerprint density at radius 3 is 2.86 bits per heavy atom. The topological polar surface area (TPSA) is 23.6 Å². The third-order valence-corrected chi connectivity index (χ3v) is 4.53. The van der Waals surface area contributed by atoms with Crippen molar-refractivity contribution in [1.29, 1.82) is 0 Å². The average molecular weight is 288 g/mol. The first-order valence-corrected chi connectivity index (χ1v) is 7.62. The lowest BCUT2D eigenvalue weighted by Gasteiger charge is -2.41. The SMILES string of the molecule is C[C@H]1C(=O)N2CCC[C@H]2CN1CC=Cc1ccc(F)cc1. The minimum atomic E-state index is -0.219. The van der Waals surface area contributed by atoms with Crippen molar-refractivity contribution in [2.45, 2.75) is 31.8 Å². The largest absolute Gasteiger partial charge is 0.337 e. The van der Waals surface area contributed by atoms with E-state index in [1.54, 1.807) is 12.1 Å². The summed E-state index contributed by atoms with van der Waals surface area (Å²) in [5, 5.41) is 0. The molecule has 2 heterocycles. The van der Waals surface area contributed by atoms with Crippen molar-refractivity contribution >= 4 is 12.0 Å². The predicted octanol–water partition coefficient (Wildman–Crippen LogP) is 2.53. The van der Waals surface area contributed by atoms with Crippen LogP contribution in [0.4, 0.5) is 4.39 Å². The maximum absolute atomic E-state index is 12.8. The van der Waals surface area contributed by atoms with Gasteiger partial charge >= 0.3 is 0 Å². The Kier molecular flexibility index (Phi) is 4.06. The molecule has 112 valence electrons. The van der Waals surface area contributed by atoms with E-state index in [0.717, 1.165) is 38.0 Å². The van der Waals surface area contributed by atoms with Gasteiger partial charge in [0.2, 0.25) is 5.91 Å². The summed E-state index contributed by atoms with van der Waals surface area (Å²) in [6.07, 6.45) is 6.29. The van der Waals surface area contributed by atoms with Gasteiger partial charge in [-0.15, -0.1) is 0 Å². The number of benzene rings is 1. The van der Waals surface area contributed by atoms with Crippen LogP contribution >= 0.6 is 0 Å². The summed E-state index contributed by atoms with van der Waals surface area (Å²) < 4.78 is 12.8. The fourth-order valence-electron chi connectivity index (χ4n) is 3.27. The van der Waals surface area contributed by atoms with Gasteiger partial charge in [0.15, 0.2) is 0 Å². The lowest BCUT2D eigenvalue weighted by atomic mass is 10.1. The van der Waals surface area contributed by atoms with Gasteiger partial charge in [0.25, 0.3) is 0 Å². The summed E-state index contributed by atoms with van der Waals surface area (Å²) in [5.41, 5.74) is 0.981. The van der Waals surface area contributed by atoms with Crippen LogP contribution in [0.5, 0.6) is 0 Å². The molecule has 2 fully saturated rings. The van der Waals surface area contributed by atoms with Crippen molar-refractivity contribution in [1.82, 2.24) is 9.80 Å². The number of hydrogen-bond donors (Lipinski definition) is 0. The Balaban J connectivity index is 1.62. The van der Waals surface area contributed by atoms with Crippen molar-refractivity contribution in [3.8, 4) is 0 Å². The minimum Gasteiger partial charge on any atom is -0.337 e. The van der Waals surface area contributed by atoms with Crippen molar-refractivity contribution in [2.24, 2.45) is 0 Å². The molecule has 1 amide bonds. The number of halogens is 1. The van der Waals surface area contributed by atoms with Gasteiger partial charge in [0.1, 0.15) is 5.82 Å². The fraction of sp³-hybridized carbons (Fsp3) is 0.471. The third kappa shape index (κ3) is 3.00. The summed E-state index contributed by atoms with van der Waals surface area (Å²) in [6, 6.07) is 6.79. The number of piperazine rings is 1. The van der Waals surface area contributed by atoms with E-state index in [1.807, 2.05) is 17.9 Å². The minimum absolute atomic E-state index is 0.0442. The molecule has 3 rings (SSSR count). The van der Waals surface area contributed by atoms with Crippen LogP contribution in [0.3, 0.4) is 0 Å². The molecule has 2 aliphatic rings. The van der Waals surface area contributed by atoms with Gasteiger partial charge in [-0.25, -0.2) is 4.39 Å². The van der Waals surface area contributed by atoms with Crippen LogP contribution in [-0.2, 0) is 4.79 Å². The number of amides is 1. The standard InChI is InChI=1S/C17H21FN2O/c1-13-17(21)20-11-3-5-16(20)12-19(13)10-2-4-14-6-8-15(18)9-7-14/h2,4,6-9,13,16H,3,5,10-12H2,1H3/t13-,16-/m0/s1. The van der Waals surface area contributed by atoms with E-state index in [2.05, 4.69) is 11.0 Å². The Hall–Kier alpha value is -1.68. The molecule has 0 unspecified atom stereocenters. The second-order valence-electron chi connectivity index (χ2n) is 5.91. The Labute approximate surface area is 125 Å². The van der Waals surface area contributed by atoms with E-state index < -0.39 is 0 Å². The molecule has 1 aromatic rings. The number of carbonyl (C=O) groups is 1. The number of carbonyl (C=O) groups excluding carboxylic acids is 1. The number of rotatable bonds is 3. The molecule has 0 bridgehead atoms. The molecule has 3 nitrogen and oxygen atoms in total. The quantitative estimate of drug-likeness (QED) is 0.853. The summed E-state index contributed by atoms with van der Waals surface area (Å²) in [4.78, 5) is 16.6. The highest BCUT2D eigenvalue weighted by atomic mass is 19.1. The molecule has 0 saturated carbocycles. The van der Waals surface area contributed by atoms with E-state index in [0.29, 0.717) is 6.04 Å². The lowest BCUT2D eigenvalue weighted by Crippen LogP contribution is -2.58. The van der Waals surface area contributed by atoms with Crippen molar-refractivity contribution in [2.75, 3.05) is 19.6 Å². The van der Waals surface area contributed by atoms with Gasteiger partial charge in [-0.3, -0.25) is 9.69 Å².